The smallest absolute Gasteiger partial charge is 0.330 e. The van der Waals surface area contributed by atoms with Crippen molar-refractivity contribution in [2.75, 3.05) is 36.0 Å². The summed E-state index contributed by atoms with van der Waals surface area (Å²) in [5.41, 5.74) is 0.444. The molecule has 1 aromatic carbocycles. The van der Waals surface area contributed by atoms with Gasteiger partial charge in [-0.3, -0.25) is 0 Å². The number of halogens is 2. The molecule has 0 N–H and O–H groups in total. The first-order valence-electron chi connectivity index (χ1n) is 11.5. The maximum absolute atomic E-state index is 13.6. The molecule has 0 bridgehead atoms. The fourth-order valence-electron chi connectivity index (χ4n) is 4.56. The molecule has 0 aliphatic carbocycles. The highest BCUT2D eigenvalue weighted by Crippen LogP contribution is 2.45. The number of hydrogen-bond donors (Lipinski definition) is 0. The number of tetrazole rings is 1. The predicted molar refractivity (Wildman–Crippen MR) is 132 cm³/mol. The lowest BCUT2D eigenvalue weighted by molar-refractivity contribution is -0.156. The molecule has 0 saturated carbocycles. The fourth-order valence-corrected chi connectivity index (χ4v) is 5.69. The van der Waals surface area contributed by atoms with Crippen LogP contribution in [0.5, 0.6) is 0 Å². The van der Waals surface area contributed by atoms with Crippen LogP contribution in [-0.4, -0.2) is 62.9 Å². The van der Waals surface area contributed by atoms with Gasteiger partial charge in [0.2, 0.25) is 5.82 Å². The van der Waals surface area contributed by atoms with Gasteiger partial charge < -0.3 is 14.5 Å². The number of nitrogens with zero attached hydrogens (tertiary/aromatic N) is 7. The molecule has 186 valence electrons. The maximum Gasteiger partial charge on any atom is 0.330 e. The largest absolute Gasteiger partial charge is 0.459 e. The minimum atomic E-state index is -0.565. The molecule has 2 fully saturated rings. The van der Waals surface area contributed by atoms with Gasteiger partial charge in [-0.05, 0) is 57.0 Å². The van der Waals surface area contributed by atoms with Crippen molar-refractivity contribution in [1.29, 1.82) is 0 Å². The second-order valence-electron chi connectivity index (χ2n) is 10.2. The third kappa shape index (κ3) is 5.25. The van der Waals surface area contributed by atoms with Gasteiger partial charge in [0.05, 0.1) is 21.8 Å². The van der Waals surface area contributed by atoms with Gasteiger partial charge in [0.25, 0.3) is 0 Å². The molecule has 35 heavy (non-hydrogen) atoms. The van der Waals surface area contributed by atoms with Crippen LogP contribution < -0.4 is 9.80 Å². The minimum absolute atomic E-state index is 0.0952. The van der Waals surface area contributed by atoms with Gasteiger partial charge in [0.1, 0.15) is 11.4 Å². The number of esters is 1. The van der Waals surface area contributed by atoms with Crippen molar-refractivity contribution in [1.82, 2.24) is 25.2 Å². The molecule has 0 unspecified atom stereocenters. The van der Waals surface area contributed by atoms with E-state index in [1.807, 2.05) is 20.8 Å². The molecule has 0 atom stereocenters. The number of ether oxygens (including phenoxy) is 1. The van der Waals surface area contributed by atoms with Gasteiger partial charge in [-0.15, -0.1) is 10.2 Å². The summed E-state index contributed by atoms with van der Waals surface area (Å²) in [5, 5.41) is 13.9. The van der Waals surface area contributed by atoms with Crippen molar-refractivity contribution >= 4 is 39.7 Å². The molecule has 1 spiro atoms. The van der Waals surface area contributed by atoms with Crippen LogP contribution in [-0.2, 0) is 16.1 Å². The predicted octanol–water partition coefficient (Wildman–Crippen LogP) is 4.04. The van der Waals surface area contributed by atoms with Crippen molar-refractivity contribution < 1.29 is 13.9 Å². The number of aromatic nitrogens is 5. The summed E-state index contributed by atoms with van der Waals surface area (Å²) in [4.78, 5) is 23.1. The zero-order valence-electron chi connectivity index (χ0n) is 19.9. The van der Waals surface area contributed by atoms with E-state index in [0.717, 1.165) is 54.7 Å². The number of thiazole rings is 1. The van der Waals surface area contributed by atoms with E-state index in [-0.39, 0.29) is 17.8 Å². The first-order chi connectivity index (χ1) is 16.6. The number of piperidine rings is 1. The Hall–Kier alpha value is -2.79. The number of benzene rings is 1. The Morgan fingerprint density at radius 1 is 1.23 bits per heavy atom. The Morgan fingerprint density at radius 2 is 1.97 bits per heavy atom. The number of carbonyl (C=O) groups excluding carboxylic acids is 1. The molecule has 2 saturated heterocycles. The highest BCUT2D eigenvalue weighted by atomic mass is 35.5. The van der Waals surface area contributed by atoms with E-state index in [1.54, 1.807) is 12.3 Å². The topological polar surface area (TPSA) is 89.3 Å². The summed E-state index contributed by atoms with van der Waals surface area (Å²) in [7, 11) is 0. The van der Waals surface area contributed by atoms with Crippen LogP contribution in [0.1, 0.15) is 33.6 Å². The summed E-state index contributed by atoms with van der Waals surface area (Å²) >= 11 is 7.79. The van der Waals surface area contributed by atoms with Crippen LogP contribution in [0.15, 0.2) is 24.4 Å². The van der Waals surface area contributed by atoms with E-state index in [4.69, 9.17) is 16.3 Å². The third-order valence-corrected chi connectivity index (χ3v) is 7.63. The average Bonchev–Trinajstić information content (AvgIpc) is 3.42. The molecule has 2 aromatic heterocycles. The zero-order valence-corrected chi connectivity index (χ0v) is 21.4. The monoisotopic (exact) mass is 519 g/mol. The first kappa shape index (κ1) is 23.9. The van der Waals surface area contributed by atoms with Crippen molar-refractivity contribution in [2.45, 2.75) is 45.8 Å². The molecule has 9 nitrogen and oxygen atoms in total. The van der Waals surface area contributed by atoms with Crippen LogP contribution >= 0.6 is 22.9 Å². The zero-order chi connectivity index (χ0) is 24.8. The van der Waals surface area contributed by atoms with E-state index in [9.17, 15) is 9.18 Å². The molecular weight excluding hydrogens is 493 g/mol. The summed E-state index contributed by atoms with van der Waals surface area (Å²) in [5.74, 6) is -0.241. The second kappa shape index (κ2) is 9.02. The van der Waals surface area contributed by atoms with Gasteiger partial charge in [-0.1, -0.05) is 22.9 Å². The number of anilines is 2. The van der Waals surface area contributed by atoms with E-state index in [0.29, 0.717) is 10.8 Å². The summed E-state index contributed by atoms with van der Waals surface area (Å²) in [6.45, 7) is 8.92. The molecule has 3 aromatic rings. The van der Waals surface area contributed by atoms with Crippen LogP contribution in [0.2, 0.25) is 5.02 Å². The average molecular weight is 520 g/mol. The fraction of sp³-hybridized carbons (Fsp3) is 0.522. The number of rotatable bonds is 5. The van der Waals surface area contributed by atoms with Gasteiger partial charge in [-0.25, -0.2) is 14.2 Å². The van der Waals surface area contributed by atoms with Gasteiger partial charge in [-0.2, -0.15) is 4.80 Å². The van der Waals surface area contributed by atoms with E-state index in [2.05, 4.69) is 30.2 Å². The van der Waals surface area contributed by atoms with E-state index >= 15 is 0 Å². The molecule has 5 rings (SSSR count). The van der Waals surface area contributed by atoms with Crippen LogP contribution in [0.3, 0.4) is 0 Å². The molecule has 2 aliphatic rings. The normalized spacial score (nSPS) is 17.5. The van der Waals surface area contributed by atoms with Crippen LogP contribution in [0.25, 0.3) is 10.7 Å². The lowest BCUT2D eigenvalue weighted by Gasteiger charge is -2.55. The molecular formula is C23H27ClFN7O2S. The highest BCUT2D eigenvalue weighted by Gasteiger charge is 2.45. The minimum Gasteiger partial charge on any atom is -0.459 e. The summed E-state index contributed by atoms with van der Waals surface area (Å²) < 4.78 is 19.0. The molecule has 0 amide bonds. The van der Waals surface area contributed by atoms with E-state index in [1.165, 1.54) is 28.3 Å². The van der Waals surface area contributed by atoms with Crippen LogP contribution in [0.4, 0.5) is 15.2 Å². The quantitative estimate of drug-likeness (QED) is 0.467. The van der Waals surface area contributed by atoms with Gasteiger partial charge >= 0.3 is 5.97 Å². The third-order valence-electron chi connectivity index (χ3n) is 6.25. The Kier molecular flexibility index (Phi) is 6.16. The van der Waals surface area contributed by atoms with Crippen molar-refractivity contribution in [3.63, 3.8) is 0 Å². The molecule has 0 radical (unpaired) electrons. The first-order valence-corrected chi connectivity index (χ1v) is 12.7. The molecule has 2 aliphatic heterocycles. The van der Waals surface area contributed by atoms with Crippen molar-refractivity contribution in [2.24, 2.45) is 5.41 Å². The molecule has 12 heteroatoms. The summed E-state index contributed by atoms with van der Waals surface area (Å²) in [6, 6.07) is 4.52. The second-order valence-corrected chi connectivity index (χ2v) is 11.6. The van der Waals surface area contributed by atoms with E-state index < -0.39 is 11.6 Å². The maximum atomic E-state index is 13.6. The van der Waals surface area contributed by atoms with Crippen molar-refractivity contribution in [3.8, 4) is 10.7 Å². The Labute approximate surface area is 211 Å². The van der Waals surface area contributed by atoms with Crippen LogP contribution in [0, 0.1) is 11.2 Å². The van der Waals surface area contributed by atoms with Crippen molar-refractivity contribution in [3.05, 3.63) is 35.2 Å². The Morgan fingerprint density at radius 3 is 2.69 bits per heavy atom. The number of carbonyl (C=O) groups is 1. The van der Waals surface area contributed by atoms with Gasteiger partial charge in [0, 0.05) is 31.6 Å². The highest BCUT2D eigenvalue weighted by molar-refractivity contribution is 7.18. The Bertz CT molecular complexity index is 1220. The summed E-state index contributed by atoms with van der Waals surface area (Å²) in [6.07, 6.45) is 3.82. The standard InChI is InChI=1S/C23H27ClFN7O2S/c1-22(2,3)34-19(33)12-32-28-20(27-29-32)18-11-26-21(35-18)30-8-6-23(7-9-30)13-31(14-23)17-10-15(25)4-5-16(17)24/h4-5,10-11H,6-9,12-14H2,1-3H3. The number of hydrogen-bond acceptors (Lipinski definition) is 9. The lowest BCUT2D eigenvalue weighted by atomic mass is 9.72. The lowest BCUT2D eigenvalue weighted by Crippen LogP contribution is -2.60. The van der Waals surface area contributed by atoms with Gasteiger partial charge in [0.15, 0.2) is 11.7 Å². The Balaban J connectivity index is 1.16. The SMILES string of the molecule is CC(C)(C)OC(=O)Cn1nnc(-c2cnc(N3CCC4(CC3)CN(c3cc(F)ccc3Cl)C4)s2)n1. The molecule has 4 heterocycles.